The van der Waals surface area contributed by atoms with Crippen molar-refractivity contribution in [2.24, 2.45) is 0 Å². The van der Waals surface area contributed by atoms with Crippen LogP contribution < -0.4 is 25.0 Å². The summed E-state index contributed by atoms with van der Waals surface area (Å²) in [4.78, 5) is 14.0. The lowest BCUT2D eigenvalue weighted by atomic mass is 10.0. The van der Waals surface area contributed by atoms with Gasteiger partial charge in [-0.15, -0.1) is 0 Å². The number of methoxy groups -OCH3 is 2. The van der Waals surface area contributed by atoms with Crippen molar-refractivity contribution in [2.75, 3.05) is 31.0 Å². The van der Waals surface area contributed by atoms with Crippen LogP contribution in [0.3, 0.4) is 0 Å². The highest BCUT2D eigenvalue weighted by Gasteiger charge is 2.23. The number of aryl methyl sites for hydroxylation is 1. The number of thiocarbonyl (C=S) groups is 1. The van der Waals surface area contributed by atoms with Crippen LogP contribution in [0.15, 0.2) is 36.4 Å². The molecule has 0 bridgehead atoms. The number of benzene rings is 2. The van der Waals surface area contributed by atoms with Gasteiger partial charge in [0.05, 0.1) is 20.3 Å². The molecule has 1 saturated heterocycles. The van der Waals surface area contributed by atoms with E-state index in [9.17, 15) is 4.79 Å². The van der Waals surface area contributed by atoms with Crippen LogP contribution in [-0.2, 0) is 4.79 Å². The standard InChI is InChI=1S/C23H29N3O3S/c1-5-18(16-9-11-20(28-3)21(13-16)29-4)25-23(30)24-17-10-8-15(2)19(14-17)26-12-6-7-22(26)27/h8-11,13-14,18H,5-7,12H2,1-4H3,(H2,24,25,30)/t18-/m0/s1. The van der Waals surface area contributed by atoms with Gasteiger partial charge < -0.3 is 25.0 Å². The van der Waals surface area contributed by atoms with Crippen LogP contribution in [-0.4, -0.2) is 31.8 Å². The van der Waals surface area contributed by atoms with Crippen molar-refractivity contribution < 1.29 is 14.3 Å². The molecule has 160 valence electrons. The summed E-state index contributed by atoms with van der Waals surface area (Å²) in [6, 6.07) is 11.9. The van der Waals surface area contributed by atoms with Gasteiger partial charge >= 0.3 is 0 Å². The number of ether oxygens (including phenoxy) is 2. The molecule has 1 heterocycles. The van der Waals surface area contributed by atoms with Gasteiger partial charge in [-0.3, -0.25) is 4.79 Å². The predicted molar refractivity (Wildman–Crippen MR) is 125 cm³/mol. The largest absolute Gasteiger partial charge is 0.493 e. The van der Waals surface area contributed by atoms with Gasteiger partial charge in [0.25, 0.3) is 0 Å². The van der Waals surface area contributed by atoms with E-state index in [0.29, 0.717) is 23.0 Å². The summed E-state index contributed by atoms with van der Waals surface area (Å²) in [5.74, 6) is 1.56. The number of anilines is 2. The van der Waals surface area contributed by atoms with Crippen molar-refractivity contribution in [1.82, 2.24) is 5.32 Å². The third kappa shape index (κ3) is 4.84. The van der Waals surface area contributed by atoms with E-state index in [1.165, 1.54) is 0 Å². The summed E-state index contributed by atoms with van der Waals surface area (Å²) in [6.07, 6.45) is 2.36. The Labute approximate surface area is 183 Å². The van der Waals surface area contributed by atoms with Crippen LogP contribution in [0.25, 0.3) is 0 Å². The van der Waals surface area contributed by atoms with Crippen molar-refractivity contribution in [3.63, 3.8) is 0 Å². The average molecular weight is 428 g/mol. The number of nitrogens with one attached hydrogen (secondary N) is 2. The maximum absolute atomic E-state index is 12.1. The minimum atomic E-state index is 0.0230. The monoisotopic (exact) mass is 427 g/mol. The Morgan fingerprint density at radius 1 is 1.17 bits per heavy atom. The Morgan fingerprint density at radius 3 is 2.57 bits per heavy atom. The van der Waals surface area contributed by atoms with Crippen LogP contribution in [0.5, 0.6) is 11.5 Å². The van der Waals surface area contributed by atoms with E-state index in [1.807, 2.05) is 48.2 Å². The Kier molecular flexibility index (Phi) is 7.15. The molecule has 1 atom stereocenters. The van der Waals surface area contributed by atoms with Gasteiger partial charge in [0.2, 0.25) is 5.91 Å². The van der Waals surface area contributed by atoms with Crippen LogP contribution in [0.2, 0.25) is 0 Å². The van der Waals surface area contributed by atoms with Crippen LogP contribution >= 0.6 is 12.2 Å². The van der Waals surface area contributed by atoms with E-state index >= 15 is 0 Å². The zero-order chi connectivity index (χ0) is 21.7. The molecule has 0 spiro atoms. The SMILES string of the molecule is CC[C@H](NC(=S)Nc1ccc(C)c(N2CCCC2=O)c1)c1ccc(OC)c(OC)c1. The molecule has 2 aromatic rings. The molecule has 2 N–H and O–H groups in total. The summed E-state index contributed by atoms with van der Waals surface area (Å²) < 4.78 is 10.7. The lowest BCUT2D eigenvalue weighted by Crippen LogP contribution is -2.32. The van der Waals surface area contributed by atoms with Gasteiger partial charge in [-0.1, -0.05) is 19.1 Å². The van der Waals surface area contributed by atoms with Crippen molar-refractivity contribution in [1.29, 1.82) is 0 Å². The van der Waals surface area contributed by atoms with Gasteiger partial charge in [-0.2, -0.15) is 0 Å². The van der Waals surface area contributed by atoms with Gasteiger partial charge in [-0.05, 0) is 67.4 Å². The molecule has 1 fully saturated rings. The number of amides is 1. The first-order chi connectivity index (χ1) is 14.5. The maximum atomic E-state index is 12.1. The van der Waals surface area contributed by atoms with Crippen molar-refractivity contribution in [3.05, 3.63) is 47.5 Å². The fourth-order valence-electron chi connectivity index (χ4n) is 3.70. The maximum Gasteiger partial charge on any atom is 0.227 e. The summed E-state index contributed by atoms with van der Waals surface area (Å²) >= 11 is 5.56. The van der Waals surface area contributed by atoms with E-state index < -0.39 is 0 Å². The van der Waals surface area contributed by atoms with Crippen molar-refractivity contribution >= 4 is 34.6 Å². The molecule has 0 unspecified atom stereocenters. The number of nitrogens with zero attached hydrogens (tertiary/aromatic N) is 1. The van der Waals surface area contributed by atoms with Crippen molar-refractivity contribution in [3.8, 4) is 11.5 Å². The van der Waals surface area contributed by atoms with Gasteiger partial charge in [0.1, 0.15) is 0 Å². The second kappa shape index (κ2) is 9.80. The topological polar surface area (TPSA) is 62.8 Å². The molecule has 7 heteroatoms. The second-order valence-corrected chi connectivity index (χ2v) is 7.73. The van der Waals surface area contributed by atoms with Gasteiger partial charge in [-0.25, -0.2) is 0 Å². The molecule has 0 saturated carbocycles. The van der Waals surface area contributed by atoms with Crippen molar-refractivity contribution in [2.45, 2.75) is 39.2 Å². The first kappa shape index (κ1) is 21.9. The highest BCUT2D eigenvalue weighted by atomic mass is 32.1. The first-order valence-corrected chi connectivity index (χ1v) is 10.6. The van der Waals surface area contributed by atoms with E-state index in [2.05, 4.69) is 17.6 Å². The summed E-state index contributed by atoms with van der Waals surface area (Å²) in [7, 11) is 3.25. The predicted octanol–water partition coefficient (Wildman–Crippen LogP) is 4.58. The molecule has 1 amide bonds. The molecule has 30 heavy (non-hydrogen) atoms. The quantitative estimate of drug-likeness (QED) is 0.631. The third-order valence-electron chi connectivity index (χ3n) is 5.35. The number of hydrogen-bond donors (Lipinski definition) is 2. The van der Waals surface area contributed by atoms with Gasteiger partial charge in [0.15, 0.2) is 16.6 Å². The van der Waals surface area contributed by atoms with E-state index in [-0.39, 0.29) is 11.9 Å². The minimum Gasteiger partial charge on any atom is -0.493 e. The number of hydrogen-bond acceptors (Lipinski definition) is 4. The minimum absolute atomic E-state index is 0.0230. The Balaban J connectivity index is 1.72. The second-order valence-electron chi connectivity index (χ2n) is 7.32. The van der Waals surface area contributed by atoms with Crippen LogP contribution in [0.1, 0.15) is 43.4 Å². The normalized spacial score (nSPS) is 14.4. The molecule has 2 aromatic carbocycles. The summed E-state index contributed by atoms with van der Waals surface area (Å²) in [5.41, 5.74) is 3.94. The molecular weight excluding hydrogens is 398 g/mol. The molecule has 0 radical (unpaired) electrons. The molecular formula is C23H29N3O3S. The summed E-state index contributed by atoms with van der Waals surface area (Å²) in [5, 5.41) is 7.16. The highest BCUT2D eigenvalue weighted by molar-refractivity contribution is 7.80. The number of carbonyl (C=O) groups excluding carboxylic acids is 1. The number of rotatable bonds is 7. The fourth-order valence-corrected chi connectivity index (χ4v) is 3.96. The zero-order valence-corrected chi connectivity index (χ0v) is 18.8. The molecule has 3 rings (SSSR count). The molecule has 1 aliphatic rings. The van der Waals surface area contributed by atoms with Crippen LogP contribution in [0.4, 0.5) is 11.4 Å². The highest BCUT2D eigenvalue weighted by Crippen LogP contribution is 2.31. The Bertz CT molecular complexity index is 932. The lowest BCUT2D eigenvalue weighted by molar-refractivity contribution is -0.117. The fraction of sp³-hybridized carbons (Fsp3) is 0.391. The van der Waals surface area contributed by atoms with Gasteiger partial charge in [0, 0.05) is 24.3 Å². The Morgan fingerprint density at radius 2 is 1.93 bits per heavy atom. The number of carbonyl (C=O) groups is 1. The third-order valence-corrected chi connectivity index (χ3v) is 5.57. The zero-order valence-electron chi connectivity index (χ0n) is 18.0. The summed E-state index contributed by atoms with van der Waals surface area (Å²) in [6.45, 7) is 4.88. The molecule has 1 aliphatic heterocycles. The molecule has 0 aliphatic carbocycles. The van der Waals surface area contributed by atoms with E-state index in [4.69, 9.17) is 21.7 Å². The Hall–Kier alpha value is -2.80. The average Bonchev–Trinajstić information content (AvgIpc) is 3.18. The van der Waals surface area contributed by atoms with E-state index in [1.54, 1.807) is 14.2 Å². The van der Waals surface area contributed by atoms with Crippen LogP contribution in [0, 0.1) is 6.92 Å². The molecule has 6 nitrogen and oxygen atoms in total. The molecule has 0 aromatic heterocycles. The van der Waals surface area contributed by atoms with E-state index in [0.717, 1.165) is 41.9 Å². The smallest absolute Gasteiger partial charge is 0.227 e. The first-order valence-electron chi connectivity index (χ1n) is 10.2. The lowest BCUT2D eigenvalue weighted by Gasteiger charge is -2.22.